The van der Waals surface area contributed by atoms with Crippen LogP contribution in [0.1, 0.15) is 43.2 Å². The van der Waals surface area contributed by atoms with E-state index in [-0.39, 0.29) is 5.41 Å². The Bertz CT molecular complexity index is 1840. The zero-order chi connectivity index (χ0) is 27.9. The van der Waals surface area contributed by atoms with Crippen molar-refractivity contribution < 1.29 is 0 Å². The summed E-state index contributed by atoms with van der Waals surface area (Å²) in [4.78, 5) is 10.2. The molecule has 0 atom stereocenters. The van der Waals surface area contributed by atoms with Crippen molar-refractivity contribution in [3.8, 4) is 56.2 Å². The molecule has 0 saturated heterocycles. The van der Waals surface area contributed by atoms with Crippen LogP contribution in [-0.2, 0) is 5.41 Å². The maximum atomic E-state index is 5.20. The fraction of sp³-hybridized carbons (Fsp3) is 0.150. The van der Waals surface area contributed by atoms with Crippen LogP contribution in [-0.4, -0.2) is 9.97 Å². The lowest BCUT2D eigenvalue weighted by Crippen LogP contribution is -2.27. The molecule has 6 aromatic rings. The summed E-state index contributed by atoms with van der Waals surface area (Å²) in [5.74, 6) is 0.742. The Hall–Kier alpha value is -4.82. The first-order valence-electron chi connectivity index (χ1n) is 15.1. The highest BCUT2D eigenvalue weighted by atomic mass is 14.9. The normalized spacial score (nSPS) is 14.9. The lowest BCUT2D eigenvalue weighted by atomic mass is 9.67. The number of rotatable bonds is 4. The van der Waals surface area contributed by atoms with E-state index in [1.807, 2.05) is 24.3 Å². The number of benzene rings is 5. The number of hydrogen-bond donors (Lipinski definition) is 0. The summed E-state index contributed by atoms with van der Waals surface area (Å²) in [5.41, 5.74) is 13.6. The Morgan fingerprint density at radius 1 is 0.429 bits per heavy atom. The summed E-state index contributed by atoms with van der Waals surface area (Å²) in [7, 11) is 0. The van der Waals surface area contributed by atoms with E-state index in [4.69, 9.17) is 9.97 Å². The highest BCUT2D eigenvalue weighted by Gasteiger charge is 2.44. The van der Waals surface area contributed by atoms with Crippen LogP contribution in [0.4, 0.5) is 0 Å². The summed E-state index contributed by atoms with van der Waals surface area (Å²) in [6.45, 7) is 0. The van der Waals surface area contributed by atoms with Gasteiger partial charge in [0.2, 0.25) is 0 Å². The number of fused-ring (bicyclic) bond motifs is 5. The van der Waals surface area contributed by atoms with Crippen molar-refractivity contribution >= 4 is 0 Å². The molecule has 0 radical (unpaired) electrons. The maximum Gasteiger partial charge on any atom is 0.160 e. The van der Waals surface area contributed by atoms with Gasteiger partial charge >= 0.3 is 0 Å². The summed E-state index contributed by atoms with van der Waals surface area (Å²) in [6.07, 6.45) is 6.38. The minimum absolute atomic E-state index is 0.130. The van der Waals surface area contributed by atoms with Crippen LogP contribution >= 0.6 is 0 Å². The van der Waals surface area contributed by atoms with E-state index in [2.05, 4.69) is 109 Å². The Kier molecular flexibility index (Phi) is 6.07. The largest absolute Gasteiger partial charge is 0.228 e. The van der Waals surface area contributed by atoms with Crippen molar-refractivity contribution in [1.29, 1.82) is 0 Å². The maximum absolute atomic E-state index is 5.20. The molecule has 202 valence electrons. The molecule has 42 heavy (non-hydrogen) atoms. The Morgan fingerprint density at radius 3 is 1.76 bits per heavy atom. The molecule has 0 unspecified atom stereocenters. The van der Waals surface area contributed by atoms with Crippen LogP contribution in [0.3, 0.4) is 0 Å². The third-order valence-corrected chi connectivity index (χ3v) is 9.32. The molecular weight excluding hydrogens is 508 g/mol. The summed E-state index contributed by atoms with van der Waals surface area (Å²) in [5, 5.41) is 0. The monoisotopic (exact) mass is 540 g/mol. The van der Waals surface area contributed by atoms with Crippen molar-refractivity contribution in [1.82, 2.24) is 9.97 Å². The van der Waals surface area contributed by atoms with Gasteiger partial charge in [-0.2, -0.15) is 0 Å². The fourth-order valence-corrected chi connectivity index (χ4v) is 7.42. The molecule has 8 rings (SSSR count). The molecule has 1 fully saturated rings. The van der Waals surface area contributed by atoms with Gasteiger partial charge in [-0.1, -0.05) is 147 Å². The van der Waals surface area contributed by atoms with Gasteiger partial charge in [-0.05, 0) is 52.3 Å². The van der Waals surface area contributed by atoms with Crippen LogP contribution < -0.4 is 0 Å². The average molecular weight is 541 g/mol. The molecule has 1 spiro atoms. The van der Waals surface area contributed by atoms with Gasteiger partial charge in [-0.25, -0.2) is 9.97 Å². The third kappa shape index (κ3) is 4.01. The fourth-order valence-electron chi connectivity index (χ4n) is 7.42. The molecule has 1 saturated carbocycles. The molecular formula is C40H32N2. The first-order valence-corrected chi connectivity index (χ1v) is 15.1. The second-order valence-electron chi connectivity index (χ2n) is 11.7. The standard InChI is InChI=1S/C40H32N2/c1-4-15-28(16-5-1)36-27-37(42-39(41-36)29-17-6-2-7-18-29)31-20-9-8-19-30(31)32-22-14-24-35-38(32)33-21-10-11-23-34(33)40(35)25-12-3-13-26-40/h1-2,4-11,14-24,27H,3,12-13,25-26H2. The van der Waals surface area contributed by atoms with Crippen LogP contribution in [0.15, 0.2) is 133 Å². The van der Waals surface area contributed by atoms with Crippen molar-refractivity contribution in [2.45, 2.75) is 37.5 Å². The molecule has 0 bridgehead atoms. The molecule has 2 heteroatoms. The minimum atomic E-state index is 0.130. The molecule has 0 aliphatic heterocycles. The van der Waals surface area contributed by atoms with Gasteiger partial charge in [0.1, 0.15) is 0 Å². The highest BCUT2D eigenvalue weighted by Crippen LogP contribution is 2.58. The Balaban J connectivity index is 1.36. The highest BCUT2D eigenvalue weighted by molar-refractivity contribution is 5.97. The molecule has 2 aliphatic rings. The van der Waals surface area contributed by atoms with E-state index in [0.717, 1.165) is 33.9 Å². The first kappa shape index (κ1) is 24.9. The van der Waals surface area contributed by atoms with E-state index in [1.165, 1.54) is 65.5 Å². The second-order valence-corrected chi connectivity index (χ2v) is 11.7. The molecule has 0 amide bonds. The number of aromatic nitrogens is 2. The zero-order valence-electron chi connectivity index (χ0n) is 23.6. The van der Waals surface area contributed by atoms with Gasteiger partial charge in [0.25, 0.3) is 0 Å². The van der Waals surface area contributed by atoms with Gasteiger partial charge in [-0.15, -0.1) is 0 Å². The van der Waals surface area contributed by atoms with Crippen LogP contribution in [0.5, 0.6) is 0 Å². The molecule has 2 nitrogen and oxygen atoms in total. The molecule has 1 aromatic heterocycles. The molecule has 2 aliphatic carbocycles. The average Bonchev–Trinajstić information content (AvgIpc) is 3.34. The van der Waals surface area contributed by atoms with Crippen molar-refractivity contribution in [2.24, 2.45) is 0 Å². The first-order chi connectivity index (χ1) is 20.8. The zero-order valence-corrected chi connectivity index (χ0v) is 23.6. The van der Waals surface area contributed by atoms with E-state index >= 15 is 0 Å². The van der Waals surface area contributed by atoms with Crippen LogP contribution in [0, 0.1) is 0 Å². The topological polar surface area (TPSA) is 25.8 Å². The summed E-state index contributed by atoms with van der Waals surface area (Å²) in [6, 6.07) is 47.8. The van der Waals surface area contributed by atoms with Crippen molar-refractivity contribution in [2.75, 3.05) is 0 Å². The summed E-state index contributed by atoms with van der Waals surface area (Å²) >= 11 is 0. The van der Waals surface area contributed by atoms with Gasteiger partial charge in [0.15, 0.2) is 5.82 Å². The minimum Gasteiger partial charge on any atom is -0.228 e. The van der Waals surface area contributed by atoms with E-state index in [1.54, 1.807) is 0 Å². The number of hydrogen-bond acceptors (Lipinski definition) is 2. The summed E-state index contributed by atoms with van der Waals surface area (Å²) < 4.78 is 0. The molecule has 0 N–H and O–H groups in total. The smallest absolute Gasteiger partial charge is 0.160 e. The van der Waals surface area contributed by atoms with Crippen molar-refractivity contribution in [3.05, 3.63) is 145 Å². The Morgan fingerprint density at radius 2 is 1.00 bits per heavy atom. The third-order valence-electron chi connectivity index (χ3n) is 9.32. The van der Waals surface area contributed by atoms with Gasteiger partial charge in [-0.3, -0.25) is 0 Å². The second kappa shape index (κ2) is 10.2. The van der Waals surface area contributed by atoms with Crippen LogP contribution in [0.2, 0.25) is 0 Å². The van der Waals surface area contributed by atoms with E-state index < -0.39 is 0 Å². The molecule has 5 aromatic carbocycles. The van der Waals surface area contributed by atoms with Crippen molar-refractivity contribution in [3.63, 3.8) is 0 Å². The van der Waals surface area contributed by atoms with E-state index in [0.29, 0.717) is 0 Å². The number of nitrogens with zero attached hydrogens (tertiary/aromatic N) is 2. The lowest BCUT2D eigenvalue weighted by molar-refractivity contribution is 0.353. The SMILES string of the molecule is c1ccc(-c2cc(-c3ccccc3-c3cccc4c3-c3ccccc3C43CCCCC3)nc(-c3ccccc3)n2)cc1. The predicted molar refractivity (Wildman–Crippen MR) is 173 cm³/mol. The predicted octanol–water partition coefficient (Wildman–Crippen LogP) is 10.4. The molecule has 1 heterocycles. The van der Waals surface area contributed by atoms with Crippen LogP contribution in [0.25, 0.3) is 56.2 Å². The Labute approximate surface area is 247 Å². The van der Waals surface area contributed by atoms with E-state index in [9.17, 15) is 0 Å². The lowest BCUT2D eigenvalue weighted by Gasteiger charge is -2.36. The van der Waals surface area contributed by atoms with Gasteiger partial charge in [0, 0.05) is 22.1 Å². The van der Waals surface area contributed by atoms with Gasteiger partial charge in [0.05, 0.1) is 11.4 Å². The quantitative estimate of drug-likeness (QED) is 0.222. The van der Waals surface area contributed by atoms with Gasteiger partial charge < -0.3 is 0 Å².